The first kappa shape index (κ1) is 29.3. The van der Waals surface area contributed by atoms with Gasteiger partial charge in [-0.05, 0) is 77.7 Å². The van der Waals surface area contributed by atoms with E-state index < -0.39 is 0 Å². The Morgan fingerprint density at radius 2 is 1.62 bits per heavy atom. The molecule has 0 spiro atoms. The van der Waals surface area contributed by atoms with Crippen molar-refractivity contribution in [2.75, 3.05) is 63.0 Å². The Morgan fingerprint density at radius 1 is 0.975 bits per heavy atom. The summed E-state index contributed by atoms with van der Waals surface area (Å²) in [5, 5.41) is 6.74. The highest BCUT2D eigenvalue weighted by atomic mass is 16.5. The van der Waals surface area contributed by atoms with E-state index >= 15 is 0 Å². The van der Waals surface area contributed by atoms with E-state index in [2.05, 4.69) is 52.4 Å². The van der Waals surface area contributed by atoms with Crippen LogP contribution >= 0.6 is 0 Å². The molecular formula is C31H51N7O2. The molecule has 0 unspecified atom stereocenters. The topological polar surface area (TPSA) is 84.9 Å². The molecular weight excluding hydrogens is 502 g/mol. The third-order valence-corrected chi connectivity index (χ3v) is 9.92. The van der Waals surface area contributed by atoms with Crippen LogP contribution in [0.1, 0.15) is 75.0 Å². The lowest BCUT2D eigenvalue weighted by Gasteiger charge is -2.58. The van der Waals surface area contributed by atoms with Crippen LogP contribution in [0.3, 0.4) is 0 Å². The van der Waals surface area contributed by atoms with Crippen LogP contribution in [0, 0.1) is 19.3 Å². The highest BCUT2D eigenvalue weighted by Crippen LogP contribution is 2.55. The van der Waals surface area contributed by atoms with Crippen LogP contribution in [-0.2, 0) is 29.0 Å². The molecule has 3 saturated carbocycles. The van der Waals surface area contributed by atoms with Gasteiger partial charge in [0, 0.05) is 93.7 Å². The minimum Gasteiger partial charge on any atom is -0.380 e. The van der Waals surface area contributed by atoms with E-state index in [1.54, 1.807) is 5.01 Å². The van der Waals surface area contributed by atoms with Gasteiger partial charge in [0.05, 0.1) is 18.9 Å². The third-order valence-electron chi connectivity index (χ3n) is 9.92. The molecule has 3 fully saturated rings. The molecule has 3 heterocycles. The molecule has 4 aliphatic rings. The molecule has 0 aromatic carbocycles. The minimum absolute atomic E-state index is 0.315. The molecule has 2 aromatic heterocycles. The summed E-state index contributed by atoms with van der Waals surface area (Å²) in [6.07, 6.45) is 8.73. The number of hydrogen-bond donors (Lipinski definition) is 1. The van der Waals surface area contributed by atoms with Gasteiger partial charge in [-0.3, -0.25) is 14.6 Å². The second-order valence-electron chi connectivity index (χ2n) is 12.4. The largest absolute Gasteiger partial charge is 0.380 e. The first-order chi connectivity index (χ1) is 19.3. The summed E-state index contributed by atoms with van der Waals surface area (Å²) in [5.41, 5.74) is 6.89. The SMILES string of the molecule is CCOCCN(CCOCC)C12CCC(Cn3nc(C)c4c3CCN(c3cc(C)nc(N(C)N)c3)C4)(CC1)CC2. The van der Waals surface area contributed by atoms with E-state index in [0.29, 0.717) is 11.0 Å². The average Bonchev–Trinajstić information content (AvgIpc) is 3.26. The molecule has 0 atom stereocenters. The second kappa shape index (κ2) is 12.3. The fourth-order valence-corrected chi connectivity index (χ4v) is 7.51. The quantitative estimate of drug-likeness (QED) is 0.224. The maximum Gasteiger partial charge on any atom is 0.144 e. The van der Waals surface area contributed by atoms with Crippen molar-refractivity contribution < 1.29 is 9.47 Å². The zero-order valence-corrected chi connectivity index (χ0v) is 25.5. The molecule has 222 valence electrons. The third kappa shape index (κ3) is 6.03. The van der Waals surface area contributed by atoms with Crippen LogP contribution in [0.5, 0.6) is 0 Å². The molecule has 1 aliphatic heterocycles. The van der Waals surface area contributed by atoms with Crippen molar-refractivity contribution in [1.82, 2.24) is 19.7 Å². The van der Waals surface area contributed by atoms with Crippen LogP contribution in [0.15, 0.2) is 12.1 Å². The van der Waals surface area contributed by atoms with Crippen molar-refractivity contribution in [2.45, 2.75) is 91.3 Å². The summed E-state index contributed by atoms with van der Waals surface area (Å²) in [5.74, 6) is 6.81. The Labute approximate surface area is 241 Å². The minimum atomic E-state index is 0.315. The number of pyridine rings is 1. The van der Waals surface area contributed by atoms with Crippen molar-refractivity contribution in [3.8, 4) is 0 Å². The summed E-state index contributed by atoms with van der Waals surface area (Å²) >= 11 is 0. The van der Waals surface area contributed by atoms with Gasteiger partial charge < -0.3 is 14.4 Å². The van der Waals surface area contributed by atoms with Crippen molar-refractivity contribution >= 4 is 11.5 Å². The maximum absolute atomic E-state index is 6.01. The van der Waals surface area contributed by atoms with Gasteiger partial charge in [-0.25, -0.2) is 10.8 Å². The zero-order chi connectivity index (χ0) is 28.3. The Bertz CT molecular complexity index is 1110. The van der Waals surface area contributed by atoms with Gasteiger partial charge in [0.15, 0.2) is 0 Å². The summed E-state index contributed by atoms with van der Waals surface area (Å²) in [6.45, 7) is 16.6. The van der Waals surface area contributed by atoms with E-state index in [1.165, 1.54) is 61.2 Å². The van der Waals surface area contributed by atoms with Gasteiger partial charge in [-0.1, -0.05) is 0 Å². The summed E-state index contributed by atoms with van der Waals surface area (Å²) in [7, 11) is 1.84. The van der Waals surface area contributed by atoms with Gasteiger partial charge in [0.25, 0.3) is 0 Å². The predicted molar refractivity (Wildman–Crippen MR) is 161 cm³/mol. The molecule has 2 aromatic rings. The first-order valence-electron chi connectivity index (χ1n) is 15.5. The van der Waals surface area contributed by atoms with Crippen molar-refractivity contribution in [1.29, 1.82) is 0 Å². The van der Waals surface area contributed by atoms with Crippen LogP contribution < -0.4 is 15.8 Å². The molecule has 0 amide bonds. The second-order valence-corrected chi connectivity index (χ2v) is 12.4. The molecule has 40 heavy (non-hydrogen) atoms. The number of anilines is 2. The summed E-state index contributed by atoms with van der Waals surface area (Å²) in [4.78, 5) is 9.74. The highest BCUT2D eigenvalue weighted by molar-refractivity contribution is 5.57. The number of aryl methyl sites for hydroxylation is 2. The van der Waals surface area contributed by atoms with Crippen LogP contribution in [0.2, 0.25) is 0 Å². The van der Waals surface area contributed by atoms with Gasteiger partial charge in [-0.2, -0.15) is 5.10 Å². The number of fused-ring (bicyclic) bond motifs is 4. The fraction of sp³-hybridized carbons (Fsp3) is 0.742. The van der Waals surface area contributed by atoms with Crippen molar-refractivity contribution in [3.63, 3.8) is 0 Å². The smallest absolute Gasteiger partial charge is 0.144 e. The molecule has 6 rings (SSSR count). The van der Waals surface area contributed by atoms with Crippen molar-refractivity contribution in [2.24, 2.45) is 11.3 Å². The number of nitrogens with zero attached hydrogens (tertiary/aromatic N) is 6. The van der Waals surface area contributed by atoms with Gasteiger partial charge in [0.1, 0.15) is 5.82 Å². The lowest BCUT2D eigenvalue weighted by atomic mass is 9.56. The number of rotatable bonds is 13. The van der Waals surface area contributed by atoms with E-state index in [9.17, 15) is 0 Å². The van der Waals surface area contributed by atoms with Crippen LogP contribution in [0.4, 0.5) is 11.5 Å². The van der Waals surface area contributed by atoms with Crippen molar-refractivity contribution in [3.05, 3.63) is 34.8 Å². The first-order valence-corrected chi connectivity index (χ1v) is 15.5. The van der Waals surface area contributed by atoms with Crippen LogP contribution in [-0.4, -0.2) is 78.3 Å². The predicted octanol–water partition coefficient (Wildman–Crippen LogP) is 4.24. The zero-order valence-electron chi connectivity index (χ0n) is 25.5. The number of aromatic nitrogens is 3. The Morgan fingerprint density at radius 3 is 2.23 bits per heavy atom. The summed E-state index contributed by atoms with van der Waals surface area (Å²) < 4.78 is 13.9. The Kier molecular flexibility index (Phi) is 9.05. The molecule has 2 N–H and O–H groups in total. The van der Waals surface area contributed by atoms with E-state index in [-0.39, 0.29) is 0 Å². The van der Waals surface area contributed by atoms with Gasteiger partial charge in [0.2, 0.25) is 0 Å². The average molecular weight is 554 g/mol. The van der Waals surface area contributed by atoms with E-state index in [1.807, 2.05) is 14.0 Å². The normalized spacial score (nSPS) is 24.1. The Balaban J connectivity index is 1.26. The molecule has 9 heteroatoms. The van der Waals surface area contributed by atoms with E-state index in [0.717, 1.165) is 77.1 Å². The standard InChI is InChI=1S/C31H51N7O2/c1-6-39-18-16-37(17-19-40-7-2)31-12-9-30(10-13-31,11-14-31)23-38-28-8-15-36(22-27(28)25(4)34-38)26-20-24(3)33-29(21-26)35(5)32/h20-21H,6-19,22-23,32H2,1-5H3. The maximum atomic E-state index is 6.01. The number of hydrazine groups is 1. The molecule has 3 aliphatic carbocycles. The molecule has 0 radical (unpaired) electrons. The number of hydrogen-bond acceptors (Lipinski definition) is 8. The monoisotopic (exact) mass is 553 g/mol. The van der Waals surface area contributed by atoms with Gasteiger partial charge in [-0.15, -0.1) is 0 Å². The lowest BCUT2D eigenvalue weighted by molar-refractivity contribution is -0.0771. The molecule has 2 bridgehead atoms. The summed E-state index contributed by atoms with van der Waals surface area (Å²) in [6, 6.07) is 4.26. The lowest BCUT2D eigenvalue weighted by Crippen LogP contribution is -2.59. The number of ether oxygens (including phenoxy) is 2. The van der Waals surface area contributed by atoms with Gasteiger partial charge >= 0.3 is 0 Å². The molecule has 9 nitrogen and oxygen atoms in total. The van der Waals surface area contributed by atoms with E-state index in [4.69, 9.17) is 20.4 Å². The Hall–Kier alpha value is -2.20. The number of nitrogens with two attached hydrogens (primary N) is 1. The van der Waals surface area contributed by atoms with Crippen LogP contribution in [0.25, 0.3) is 0 Å². The molecule has 0 saturated heterocycles. The fourth-order valence-electron chi connectivity index (χ4n) is 7.51. The highest BCUT2D eigenvalue weighted by Gasteiger charge is 2.51.